The molecule has 3 atom stereocenters. The predicted octanol–water partition coefficient (Wildman–Crippen LogP) is 5.07. The Bertz CT molecular complexity index is 360. The molecule has 1 N–H and O–H groups in total. The molecule has 100 valence electrons. The highest BCUT2D eigenvalue weighted by molar-refractivity contribution is 9.10. The molecule has 2 unspecified atom stereocenters. The summed E-state index contributed by atoms with van der Waals surface area (Å²) >= 11 is 3.49. The van der Waals surface area contributed by atoms with Gasteiger partial charge in [-0.1, -0.05) is 47.8 Å². The summed E-state index contributed by atoms with van der Waals surface area (Å²) in [4.78, 5) is 0. The molecule has 1 aromatic rings. The average molecular weight is 310 g/mol. The molecule has 0 heterocycles. The maximum absolute atomic E-state index is 3.80. The minimum absolute atomic E-state index is 0.455. The van der Waals surface area contributed by atoms with Gasteiger partial charge in [0.15, 0.2) is 0 Å². The van der Waals surface area contributed by atoms with Gasteiger partial charge in [0.25, 0.3) is 0 Å². The number of rotatable bonds is 3. The van der Waals surface area contributed by atoms with Crippen LogP contribution in [0.2, 0.25) is 0 Å². The van der Waals surface area contributed by atoms with Crippen LogP contribution in [0.3, 0.4) is 0 Å². The van der Waals surface area contributed by atoms with Crippen molar-refractivity contribution in [2.24, 2.45) is 5.92 Å². The largest absolute Gasteiger partial charge is 0.307 e. The van der Waals surface area contributed by atoms with Crippen molar-refractivity contribution in [3.8, 4) is 0 Å². The number of benzene rings is 1. The lowest BCUT2D eigenvalue weighted by Crippen LogP contribution is -2.31. The molecule has 1 aliphatic carbocycles. The number of hydrogen-bond donors (Lipinski definition) is 1. The van der Waals surface area contributed by atoms with Gasteiger partial charge in [-0.15, -0.1) is 0 Å². The van der Waals surface area contributed by atoms with E-state index in [9.17, 15) is 0 Å². The van der Waals surface area contributed by atoms with Crippen LogP contribution in [-0.2, 0) is 0 Å². The average Bonchev–Trinajstić information content (AvgIpc) is 2.55. The Morgan fingerprint density at radius 2 is 1.83 bits per heavy atom. The van der Waals surface area contributed by atoms with Gasteiger partial charge in [0, 0.05) is 16.6 Å². The molecule has 1 aromatic carbocycles. The zero-order chi connectivity index (χ0) is 13.0. The SMILES string of the molecule is CC1CCCC(N[C@@H](C)c2ccc(Br)cc2)CC1. The molecule has 0 aromatic heterocycles. The Kier molecular flexibility index (Phi) is 5.25. The van der Waals surface area contributed by atoms with Crippen LogP contribution in [0.25, 0.3) is 0 Å². The fraction of sp³-hybridized carbons (Fsp3) is 0.625. The Morgan fingerprint density at radius 3 is 2.56 bits per heavy atom. The van der Waals surface area contributed by atoms with Gasteiger partial charge in [0.05, 0.1) is 0 Å². The topological polar surface area (TPSA) is 12.0 Å². The maximum atomic E-state index is 3.80. The van der Waals surface area contributed by atoms with Crippen molar-refractivity contribution in [3.63, 3.8) is 0 Å². The van der Waals surface area contributed by atoms with E-state index in [1.807, 2.05) is 0 Å². The molecule has 2 rings (SSSR count). The van der Waals surface area contributed by atoms with Crippen molar-refractivity contribution in [2.75, 3.05) is 0 Å². The van der Waals surface area contributed by atoms with Crippen molar-refractivity contribution >= 4 is 15.9 Å². The van der Waals surface area contributed by atoms with Gasteiger partial charge in [-0.2, -0.15) is 0 Å². The molecular weight excluding hydrogens is 286 g/mol. The van der Waals surface area contributed by atoms with E-state index < -0.39 is 0 Å². The van der Waals surface area contributed by atoms with Gasteiger partial charge in [-0.25, -0.2) is 0 Å². The van der Waals surface area contributed by atoms with Crippen LogP contribution >= 0.6 is 15.9 Å². The van der Waals surface area contributed by atoms with Gasteiger partial charge in [-0.05, 0) is 49.8 Å². The van der Waals surface area contributed by atoms with Crippen molar-refractivity contribution < 1.29 is 0 Å². The van der Waals surface area contributed by atoms with E-state index in [4.69, 9.17) is 0 Å². The molecule has 1 aliphatic rings. The Hall–Kier alpha value is -0.340. The number of hydrogen-bond acceptors (Lipinski definition) is 1. The standard InChI is InChI=1S/C16H24BrN/c1-12-4-3-5-16(11-6-12)18-13(2)14-7-9-15(17)10-8-14/h7-10,12-13,16,18H,3-6,11H2,1-2H3/t12?,13-,16?/m0/s1. The summed E-state index contributed by atoms with van der Waals surface area (Å²) in [7, 11) is 0. The minimum Gasteiger partial charge on any atom is -0.307 e. The second-order valence-electron chi connectivity index (χ2n) is 5.75. The van der Waals surface area contributed by atoms with Crippen LogP contribution < -0.4 is 5.32 Å². The molecule has 1 saturated carbocycles. The Balaban J connectivity index is 1.90. The van der Waals surface area contributed by atoms with Gasteiger partial charge >= 0.3 is 0 Å². The molecule has 0 radical (unpaired) electrons. The third kappa shape index (κ3) is 4.10. The fourth-order valence-electron chi connectivity index (χ4n) is 2.85. The van der Waals surface area contributed by atoms with Crippen molar-refractivity contribution in [2.45, 2.75) is 58.0 Å². The monoisotopic (exact) mass is 309 g/mol. The van der Waals surface area contributed by atoms with Gasteiger partial charge in [0.1, 0.15) is 0 Å². The number of halogens is 1. The van der Waals surface area contributed by atoms with Gasteiger partial charge < -0.3 is 5.32 Å². The summed E-state index contributed by atoms with van der Waals surface area (Å²) in [5.41, 5.74) is 1.38. The molecule has 0 spiro atoms. The molecule has 0 aliphatic heterocycles. The molecule has 0 saturated heterocycles. The zero-order valence-electron chi connectivity index (χ0n) is 11.5. The first-order valence-electron chi connectivity index (χ1n) is 7.16. The maximum Gasteiger partial charge on any atom is 0.0294 e. The van der Waals surface area contributed by atoms with Crippen molar-refractivity contribution in [1.29, 1.82) is 0 Å². The smallest absolute Gasteiger partial charge is 0.0294 e. The summed E-state index contributed by atoms with van der Waals surface area (Å²) in [6, 6.07) is 9.83. The van der Waals surface area contributed by atoms with Crippen LogP contribution in [0, 0.1) is 5.92 Å². The Morgan fingerprint density at radius 1 is 1.11 bits per heavy atom. The van der Waals surface area contributed by atoms with Crippen LogP contribution in [0.4, 0.5) is 0 Å². The van der Waals surface area contributed by atoms with E-state index in [0.717, 1.165) is 10.4 Å². The lowest BCUT2D eigenvalue weighted by molar-refractivity contribution is 0.408. The van der Waals surface area contributed by atoms with E-state index in [-0.39, 0.29) is 0 Å². The van der Waals surface area contributed by atoms with E-state index in [0.29, 0.717) is 12.1 Å². The number of nitrogens with one attached hydrogen (secondary N) is 1. The highest BCUT2D eigenvalue weighted by Gasteiger charge is 2.18. The molecule has 1 fully saturated rings. The third-order valence-corrected chi connectivity index (χ3v) is 4.64. The van der Waals surface area contributed by atoms with Gasteiger partial charge in [0.2, 0.25) is 0 Å². The van der Waals surface area contributed by atoms with E-state index in [2.05, 4.69) is 59.4 Å². The highest BCUT2D eigenvalue weighted by atomic mass is 79.9. The predicted molar refractivity (Wildman–Crippen MR) is 81.7 cm³/mol. The van der Waals surface area contributed by atoms with Crippen molar-refractivity contribution in [1.82, 2.24) is 5.32 Å². The second kappa shape index (κ2) is 6.72. The first-order valence-corrected chi connectivity index (χ1v) is 7.96. The lowest BCUT2D eigenvalue weighted by Gasteiger charge is -2.22. The van der Waals surface area contributed by atoms with E-state index in [1.165, 1.54) is 37.7 Å². The first kappa shape index (κ1) is 14.1. The zero-order valence-corrected chi connectivity index (χ0v) is 13.0. The Labute approximate surface area is 119 Å². The summed E-state index contributed by atoms with van der Waals surface area (Å²) in [5.74, 6) is 0.916. The highest BCUT2D eigenvalue weighted by Crippen LogP contribution is 2.25. The summed E-state index contributed by atoms with van der Waals surface area (Å²) < 4.78 is 1.15. The molecular formula is C16H24BrN. The molecule has 18 heavy (non-hydrogen) atoms. The van der Waals surface area contributed by atoms with Crippen molar-refractivity contribution in [3.05, 3.63) is 34.3 Å². The van der Waals surface area contributed by atoms with Crippen LogP contribution in [0.1, 0.15) is 57.6 Å². The molecule has 2 heteroatoms. The molecule has 1 nitrogen and oxygen atoms in total. The normalized spacial score (nSPS) is 26.6. The minimum atomic E-state index is 0.455. The quantitative estimate of drug-likeness (QED) is 0.769. The summed E-state index contributed by atoms with van der Waals surface area (Å²) in [6.45, 7) is 4.66. The van der Waals surface area contributed by atoms with Crippen LogP contribution in [-0.4, -0.2) is 6.04 Å². The van der Waals surface area contributed by atoms with E-state index >= 15 is 0 Å². The second-order valence-corrected chi connectivity index (χ2v) is 6.67. The third-order valence-electron chi connectivity index (χ3n) is 4.11. The lowest BCUT2D eigenvalue weighted by atomic mass is 10.0. The van der Waals surface area contributed by atoms with Crippen LogP contribution in [0.5, 0.6) is 0 Å². The summed E-state index contributed by atoms with van der Waals surface area (Å²) in [5, 5.41) is 3.80. The van der Waals surface area contributed by atoms with E-state index in [1.54, 1.807) is 0 Å². The molecule has 0 amide bonds. The van der Waals surface area contributed by atoms with Crippen LogP contribution in [0.15, 0.2) is 28.7 Å². The summed E-state index contributed by atoms with van der Waals surface area (Å²) in [6.07, 6.45) is 6.84. The first-order chi connectivity index (χ1) is 8.65. The van der Waals surface area contributed by atoms with Gasteiger partial charge in [-0.3, -0.25) is 0 Å². The molecule has 0 bridgehead atoms. The fourth-order valence-corrected chi connectivity index (χ4v) is 3.12.